The first-order valence-electron chi connectivity index (χ1n) is 4.66. The zero-order valence-electron chi connectivity index (χ0n) is 8.00. The van der Waals surface area contributed by atoms with Crippen LogP contribution in [-0.4, -0.2) is 24.4 Å². The van der Waals surface area contributed by atoms with Gasteiger partial charge in [-0.05, 0) is 0 Å². The van der Waals surface area contributed by atoms with E-state index < -0.39 is 0 Å². The van der Waals surface area contributed by atoms with Crippen LogP contribution in [0, 0.1) is 5.92 Å². The maximum absolute atomic E-state index is 5.70. The number of hydrogen-bond acceptors (Lipinski definition) is 2. The molecular formula is C10H14CrO2. The molecule has 2 nitrogen and oxygen atoms in total. The molecule has 1 heterocycles. The monoisotopic (exact) mass is 218 g/mol. The molecule has 2 atom stereocenters. The summed E-state index contributed by atoms with van der Waals surface area (Å²) in [5.74, 6) is 0.655. The van der Waals surface area contributed by atoms with E-state index in [4.69, 9.17) is 9.47 Å². The fourth-order valence-corrected chi connectivity index (χ4v) is 2.66. The van der Waals surface area contributed by atoms with Crippen LogP contribution >= 0.6 is 0 Å². The Kier molecular flexibility index (Phi) is 2.71. The van der Waals surface area contributed by atoms with E-state index in [2.05, 4.69) is 22.8 Å². The molecule has 0 amide bonds. The van der Waals surface area contributed by atoms with Gasteiger partial charge in [-0.3, -0.25) is 0 Å². The zero-order chi connectivity index (χ0) is 9.42. The SMILES string of the molecule is CO[C](=[Cr])C1=C(C)C2CCCOC12. The normalized spacial score (nSPS) is 32.5. The molecule has 2 aliphatic rings. The summed E-state index contributed by atoms with van der Waals surface area (Å²) in [4.78, 5) is 0. The van der Waals surface area contributed by atoms with Crippen LogP contribution in [0.15, 0.2) is 11.1 Å². The Bertz CT molecular complexity index is 270. The molecule has 0 bridgehead atoms. The van der Waals surface area contributed by atoms with E-state index in [0.717, 1.165) is 11.2 Å². The van der Waals surface area contributed by atoms with Crippen LogP contribution in [0.2, 0.25) is 0 Å². The minimum atomic E-state index is 0.310. The molecule has 2 unspecified atom stereocenters. The molecule has 3 heteroatoms. The molecule has 0 radical (unpaired) electrons. The van der Waals surface area contributed by atoms with E-state index in [1.165, 1.54) is 24.0 Å². The van der Waals surface area contributed by atoms with Crippen molar-refractivity contribution in [3.63, 3.8) is 0 Å². The molecule has 1 fully saturated rings. The van der Waals surface area contributed by atoms with Crippen molar-refractivity contribution >= 4 is 4.57 Å². The van der Waals surface area contributed by atoms with Gasteiger partial charge in [-0.25, -0.2) is 0 Å². The fraction of sp³-hybridized carbons (Fsp3) is 0.700. The first-order valence-corrected chi connectivity index (χ1v) is 5.30. The number of rotatable bonds is 2. The van der Waals surface area contributed by atoms with Crippen LogP contribution in [0.1, 0.15) is 19.8 Å². The second-order valence-corrected chi connectivity index (χ2v) is 4.21. The summed E-state index contributed by atoms with van der Waals surface area (Å²) in [5, 5.41) is 0. The topological polar surface area (TPSA) is 18.5 Å². The second kappa shape index (κ2) is 3.67. The molecule has 0 spiro atoms. The predicted molar refractivity (Wildman–Crippen MR) is 47.2 cm³/mol. The van der Waals surface area contributed by atoms with Gasteiger partial charge < -0.3 is 0 Å². The van der Waals surface area contributed by atoms with E-state index >= 15 is 0 Å². The first-order chi connectivity index (χ1) is 6.25. The molecule has 13 heavy (non-hydrogen) atoms. The van der Waals surface area contributed by atoms with Crippen molar-refractivity contribution in [1.82, 2.24) is 0 Å². The summed E-state index contributed by atoms with van der Waals surface area (Å²) < 4.78 is 11.8. The molecule has 1 saturated heterocycles. The van der Waals surface area contributed by atoms with Gasteiger partial charge >= 0.3 is 86.5 Å². The third-order valence-electron chi connectivity index (χ3n) is 2.99. The molecule has 0 N–H and O–H groups in total. The maximum atomic E-state index is 5.70. The van der Waals surface area contributed by atoms with Gasteiger partial charge in [0.05, 0.1) is 0 Å². The summed E-state index contributed by atoms with van der Waals surface area (Å²) in [6, 6.07) is 0. The Morgan fingerprint density at radius 2 is 2.38 bits per heavy atom. The Balaban J connectivity index is 2.19. The van der Waals surface area contributed by atoms with Crippen molar-refractivity contribution in [2.24, 2.45) is 5.92 Å². The van der Waals surface area contributed by atoms with Crippen molar-refractivity contribution in [2.45, 2.75) is 25.9 Å². The van der Waals surface area contributed by atoms with Crippen LogP contribution in [0.3, 0.4) is 0 Å². The van der Waals surface area contributed by atoms with E-state index in [1.54, 1.807) is 7.11 Å². The summed E-state index contributed by atoms with van der Waals surface area (Å²) >= 11 is 2.95. The standard InChI is InChI=1S/C10H14O2.Cr/c1-7-8-4-3-5-12-10(8)9(7)6-11-2;/h8,10H,3-5H2,1-2H3;. The molecular weight excluding hydrogens is 204 g/mol. The third-order valence-corrected chi connectivity index (χ3v) is 3.60. The molecule has 1 aliphatic carbocycles. The van der Waals surface area contributed by atoms with Gasteiger partial charge in [-0.15, -0.1) is 0 Å². The zero-order valence-corrected chi connectivity index (χ0v) is 9.28. The van der Waals surface area contributed by atoms with Gasteiger partial charge in [-0.2, -0.15) is 0 Å². The van der Waals surface area contributed by atoms with Crippen molar-refractivity contribution in [3.8, 4) is 0 Å². The van der Waals surface area contributed by atoms with Gasteiger partial charge in [0.1, 0.15) is 0 Å². The summed E-state index contributed by atoms with van der Waals surface area (Å²) in [6.07, 6.45) is 2.78. The third kappa shape index (κ3) is 1.45. The fourth-order valence-electron chi connectivity index (χ4n) is 2.22. The number of ether oxygens (including phenoxy) is 2. The van der Waals surface area contributed by atoms with Gasteiger partial charge in [0.15, 0.2) is 0 Å². The molecule has 0 saturated carbocycles. The average Bonchev–Trinajstić information content (AvgIpc) is 2.17. The Morgan fingerprint density at radius 3 is 3.08 bits per heavy atom. The van der Waals surface area contributed by atoms with Gasteiger partial charge in [0.25, 0.3) is 0 Å². The predicted octanol–water partition coefficient (Wildman–Crippen LogP) is 1.43. The molecule has 0 aromatic carbocycles. The number of hydrogen-bond donors (Lipinski definition) is 0. The summed E-state index contributed by atoms with van der Waals surface area (Å²) in [6.45, 7) is 3.08. The number of methoxy groups -OCH3 is 1. The summed E-state index contributed by atoms with van der Waals surface area (Å²) in [7, 11) is 1.70. The second-order valence-electron chi connectivity index (χ2n) is 3.63. The van der Waals surface area contributed by atoms with Crippen LogP contribution in [0.4, 0.5) is 0 Å². The van der Waals surface area contributed by atoms with Crippen LogP contribution in [0.5, 0.6) is 0 Å². The molecule has 72 valence electrons. The van der Waals surface area contributed by atoms with E-state index in [0.29, 0.717) is 12.0 Å². The molecule has 2 rings (SSSR count). The molecule has 0 aromatic rings. The van der Waals surface area contributed by atoms with E-state index in [9.17, 15) is 0 Å². The van der Waals surface area contributed by atoms with Crippen LogP contribution in [0.25, 0.3) is 0 Å². The molecule has 1 aliphatic heterocycles. The van der Waals surface area contributed by atoms with E-state index in [1.807, 2.05) is 0 Å². The van der Waals surface area contributed by atoms with Gasteiger partial charge in [0, 0.05) is 0 Å². The minimum absolute atomic E-state index is 0.310. The Hall–Kier alpha value is 0.0625. The quantitative estimate of drug-likeness (QED) is 0.698. The molecule has 0 aromatic heterocycles. The van der Waals surface area contributed by atoms with Crippen molar-refractivity contribution in [3.05, 3.63) is 11.1 Å². The Morgan fingerprint density at radius 1 is 1.62 bits per heavy atom. The van der Waals surface area contributed by atoms with Crippen molar-refractivity contribution < 1.29 is 25.3 Å². The van der Waals surface area contributed by atoms with Gasteiger partial charge in [0.2, 0.25) is 0 Å². The number of fused-ring (bicyclic) bond motifs is 1. The van der Waals surface area contributed by atoms with Crippen molar-refractivity contribution in [2.75, 3.05) is 13.7 Å². The van der Waals surface area contributed by atoms with E-state index in [-0.39, 0.29) is 0 Å². The van der Waals surface area contributed by atoms with Gasteiger partial charge in [-0.1, -0.05) is 0 Å². The summed E-state index contributed by atoms with van der Waals surface area (Å²) in [5.41, 5.74) is 2.70. The average molecular weight is 218 g/mol. The van der Waals surface area contributed by atoms with Crippen LogP contribution in [-0.2, 0) is 25.3 Å². The van der Waals surface area contributed by atoms with Crippen LogP contribution < -0.4 is 0 Å². The Labute approximate surface area is 86.9 Å². The first kappa shape index (κ1) is 9.61. The van der Waals surface area contributed by atoms with Crippen molar-refractivity contribution in [1.29, 1.82) is 0 Å².